The van der Waals surface area contributed by atoms with Gasteiger partial charge in [0, 0.05) is 0 Å². The monoisotopic (exact) mass is 280 g/mol. The smallest absolute Gasteiger partial charge is 0.392 e. The van der Waals surface area contributed by atoms with Gasteiger partial charge in [0.05, 0.1) is 12.2 Å². The van der Waals surface area contributed by atoms with Gasteiger partial charge in [-0.3, -0.25) is 0 Å². The first kappa shape index (κ1) is 14.6. The minimum absolute atomic E-state index is 0.0467. The first-order valence-corrected chi connectivity index (χ1v) is 6.21. The molecular formula is C16H15F3O. The fourth-order valence-corrected chi connectivity index (χ4v) is 2.43. The van der Waals surface area contributed by atoms with E-state index in [-0.39, 0.29) is 6.61 Å². The van der Waals surface area contributed by atoms with Crippen LogP contribution in [0.3, 0.4) is 0 Å². The van der Waals surface area contributed by atoms with Crippen molar-refractivity contribution < 1.29 is 18.3 Å². The number of rotatable bonds is 2. The van der Waals surface area contributed by atoms with Crippen LogP contribution in [0.1, 0.15) is 22.3 Å². The second-order valence-corrected chi connectivity index (χ2v) is 4.84. The number of hydrogen-bond acceptors (Lipinski definition) is 1. The van der Waals surface area contributed by atoms with Gasteiger partial charge in [0.1, 0.15) is 0 Å². The summed E-state index contributed by atoms with van der Waals surface area (Å²) in [5.41, 5.74) is 3.69. The Morgan fingerprint density at radius 3 is 1.85 bits per heavy atom. The highest BCUT2D eigenvalue weighted by molar-refractivity contribution is 5.71. The van der Waals surface area contributed by atoms with Crippen molar-refractivity contribution in [3.05, 3.63) is 58.7 Å². The molecule has 0 bridgehead atoms. The topological polar surface area (TPSA) is 20.2 Å². The van der Waals surface area contributed by atoms with E-state index >= 15 is 0 Å². The van der Waals surface area contributed by atoms with Crippen molar-refractivity contribution in [2.24, 2.45) is 0 Å². The lowest BCUT2D eigenvalue weighted by molar-refractivity contribution is -0.137. The molecular weight excluding hydrogens is 265 g/mol. The zero-order valence-corrected chi connectivity index (χ0v) is 11.3. The molecule has 0 saturated carbocycles. The largest absolute Gasteiger partial charge is 0.416 e. The second-order valence-electron chi connectivity index (χ2n) is 4.84. The average Bonchev–Trinajstić information content (AvgIpc) is 2.37. The molecule has 4 heteroatoms. The number of benzene rings is 2. The fraction of sp³-hybridized carbons (Fsp3) is 0.250. The summed E-state index contributed by atoms with van der Waals surface area (Å²) in [5.74, 6) is 0. The minimum atomic E-state index is -4.32. The van der Waals surface area contributed by atoms with E-state index in [0.717, 1.165) is 39.9 Å². The van der Waals surface area contributed by atoms with E-state index in [1.54, 1.807) is 0 Å². The van der Waals surface area contributed by atoms with Crippen LogP contribution < -0.4 is 0 Å². The van der Waals surface area contributed by atoms with Gasteiger partial charge in [-0.25, -0.2) is 0 Å². The van der Waals surface area contributed by atoms with Crippen molar-refractivity contribution in [1.29, 1.82) is 0 Å². The van der Waals surface area contributed by atoms with Crippen LogP contribution in [0.25, 0.3) is 11.1 Å². The lowest BCUT2D eigenvalue weighted by Crippen LogP contribution is -2.04. The number of aliphatic hydroxyl groups excluding tert-OH is 1. The quantitative estimate of drug-likeness (QED) is 0.859. The van der Waals surface area contributed by atoms with Gasteiger partial charge in [0.2, 0.25) is 0 Å². The van der Waals surface area contributed by atoms with Gasteiger partial charge in [-0.15, -0.1) is 0 Å². The molecule has 0 saturated heterocycles. The number of halogens is 3. The number of alkyl halides is 3. The number of aryl methyl sites for hydroxylation is 2. The van der Waals surface area contributed by atoms with Crippen LogP contribution in [-0.2, 0) is 12.8 Å². The molecule has 0 aromatic heterocycles. The van der Waals surface area contributed by atoms with E-state index in [4.69, 9.17) is 5.11 Å². The summed E-state index contributed by atoms with van der Waals surface area (Å²) >= 11 is 0. The van der Waals surface area contributed by atoms with Crippen molar-refractivity contribution in [2.75, 3.05) is 0 Å². The second kappa shape index (κ2) is 5.29. The zero-order chi connectivity index (χ0) is 14.9. The first-order chi connectivity index (χ1) is 9.32. The number of aliphatic hydroxyl groups is 1. The third-order valence-corrected chi connectivity index (χ3v) is 3.28. The Morgan fingerprint density at radius 1 is 0.950 bits per heavy atom. The highest BCUT2D eigenvalue weighted by Gasteiger charge is 2.30. The van der Waals surface area contributed by atoms with E-state index in [2.05, 4.69) is 0 Å². The Balaban J connectivity index is 2.47. The molecule has 2 aromatic carbocycles. The van der Waals surface area contributed by atoms with E-state index in [9.17, 15) is 13.2 Å². The lowest BCUT2D eigenvalue weighted by atomic mass is 9.93. The van der Waals surface area contributed by atoms with Crippen LogP contribution >= 0.6 is 0 Å². The summed E-state index contributed by atoms with van der Waals surface area (Å²) in [6.45, 7) is 3.73. The highest BCUT2D eigenvalue weighted by atomic mass is 19.4. The van der Waals surface area contributed by atoms with Crippen LogP contribution in [0.5, 0.6) is 0 Å². The predicted octanol–water partition coefficient (Wildman–Crippen LogP) is 4.48. The summed E-state index contributed by atoms with van der Waals surface area (Å²) in [4.78, 5) is 0. The Morgan fingerprint density at radius 2 is 1.45 bits per heavy atom. The van der Waals surface area contributed by atoms with Crippen LogP contribution in [-0.4, -0.2) is 5.11 Å². The maximum absolute atomic E-state index is 12.6. The summed E-state index contributed by atoms with van der Waals surface area (Å²) in [5, 5.41) is 9.15. The van der Waals surface area contributed by atoms with Crippen LogP contribution in [0.4, 0.5) is 13.2 Å². The lowest BCUT2D eigenvalue weighted by Gasteiger charge is -2.13. The Bertz CT molecular complexity index is 590. The third kappa shape index (κ3) is 2.85. The molecule has 1 N–H and O–H groups in total. The van der Waals surface area contributed by atoms with Gasteiger partial charge >= 0.3 is 6.18 Å². The molecule has 2 aromatic rings. The molecule has 106 valence electrons. The average molecular weight is 280 g/mol. The molecule has 0 amide bonds. The molecule has 0 aliphatic heterocycles. The van der Waals surface area contributed by atoms with Crippen molar-refractivity contribution >= 4 is 0 Å². The maximum atomic E-state index is 12.6. The molecule has 0 radical (unpaired) electrons. The van der Waals surface area contributed by atoms with Gasteiger partial charge < -0.3 is 5.11 Å². The summed E-state index contributed by atoms with van der Waals surface area (Å²) in [7, 11) is 0. The van der Waals surface area contributed by atoms with Crippen molar-refractivity contribution in [3.63, 3.8) is 0 Å². The predicted molar refractivity (Wildman–Crippen MR) is 72.3 cm³/mol. The van der Waals surface area contributed by atoms with Gasteiger partial charge in [0.15, 0.2) is 0 Å². The van der Waals surface area contributed by atoms with E-state index in [1.165, 1.54) is 12.1 Å². The van der Waals surface area contributed by atoms with Gasteiger partial charge in [0.25, 0.3) is 0 Å². The normalized spacial score (nSPS) is 11.7. The summed E-state index contributed by atoms with van der Waals surface area (Å²) < 4.78 is 37.7. The van der Waals surface area contributed by atoms with Crippen LogP contribution in [0.2, 0.25) is 0 Å². The van der Waals surface area contributed by atoms with Gasteiger partial charge in [-0.2, -0.15) is 13.2 Å². The van der Waals surface area contributed by atoms with E-state index in [0.29, 0.717) is 0 Å². The number of hydrogen-bond donors (Lipinski definition) is 1. The molecule has 0 heterocycles. The van der Waals surface area contributed by atoms with Crippen molar-refractivity contribution in [3.8, 4) is 11.1 Å². The van der Waals surface area contributed by atoms with Gasteiger partial charge in [-0.05, 0) is 53.8 Å². The molecule has 20 heavy (non-hydrogen) atoms. The van der Waals surface area contributed by atoms with Crippen LogP contribution in [0.15, 0.2) is 36.4 Å². The molecule has 0 unspecified atom stereocenters. The molecule has 0 aliphatic carbocycles. The molecule has 2 rings (SSSR count). The van der Waals surface area contributed by atoms with Crippen molar-refractivity contribution in [1.82, 2.24) is 0 Å². The first-order valence-electron chi connectivity index (χ1n) is 6.21. The molecule has 0 fully saturated rings. The Hall–Kier alpha value is -1.81. The maximum Gasteiger partial charge on any atom is 0.416 e. The highest BCUT2D eigenvalue weighted by Crippen LogP contribution is 2.33. The van der Waals surface area contributed by atoms with E-state index in [1.807, 2.05) is 26.0 Å². The third-order valence-electron chi connectivity index (χ3n) is 3.28. The molecule has 1 nitrogen and oxygen atoms in total. The zero-order valence-electron chi connectivity index (χ0n) is 11.3. The van der Waals surface area contributed by atoms with E-state index < -0.39 is 11.7 Å². The van der Waals surface area contributed by atoms with Crippen molar-refractivity contribution in [2.45, 2.75) is 26.6 Å². The molecule has 0 aliphatic rings. The SMILES string of the molecule is Cc1cc(CO)cc(C)c1-c1ccc(C(F)(F)F)cc1. The molecule has 0 atom stereocenters. The summed E-state index contributed by atoms with van der Waals surface area (Å²) in [6, 6.07) is 8.84. The van der Waals surface area contributed by atoms with Crippen LogP contribution in [0, 0.1) is 13.8 Å². The minimum Gasteiger partial charge on any atom is -0.392 e. The Labute approximate surface area is 115 Å². The summed E-state index contributed by atoms with van der Waals surface area (Å²) in [6.07, 6.45) is -4.32. The van der Waals surface area contributed by atoms with Gasteiger partial charge in [-0.1, -0.05) is 24.3 Å². The molecule has 0 spiro atoms. The standard InChI is InChI=1S/C16H15F3O/c1-10-7-12(9-20)8-11(2)15(10)13-3-5-14(6-4-13)16(17,18)19/h3-8,20H,9H2,1-2H3. The Kier molecular flexibility index (Phi) is 3.86. The fourth-order valence-electron chi connectivity index (χ4n) is 2.43.